The first-order valence-electron chi connectivity index (χ1n) is 8.29. The smallest absolute Gasteiger partial charge is 0.251 e. The molecule has 2 amide bonds. The van der Waals surface area contributed by atoms with E-state index in [4.69, 9.17) is 0 Å². The highest BCUT2D eigenvalue weighted by molar-refractivity contribution is 6.03. The summed E-state index contributed by atoms with van der Waals surface area (Å²) >= 11 is 0. The number of amides is 2. The maximum atomic E-state index is 12.2. The summed E-state index contributed by atoms with van der Waals surface area (Å²) in [7, 11) is 1.87. The van der Waals surface area contributed by atoms with Gasteiger partial charge in [-0.05, 0) is 57.1 Å². The molecule has 1 saturated heterocycles. The summed E-state index contributed by atoms with van der Waals surface area (Å²) < 4.78 is 0. The Morgan fingerprint density at radius 2 is 2.09 bits per heavy atom. The van der Waals surface area contributed by atoms with Crippen LogP contribution in [0.5, 0.6) is 0 Å². The van der Waals surface area contributed by atoms with Crippen molar-refractivity contribution in [1.82, 2.24) is 10.2 Å². The number of likely N-dealkylation sites (tertiary alicyclic amines) is 1. The summed E-state index contributed by atoms with van der Waals surface area (Å²) in [6, 6.07) is 5.44. The normalized spacial score (nSPS) is 17.8. The lowest BCUT2D eigenvalue weighted by Gasteiger charge is -2.27. The predicted octanol–water partition coefficient (Wildman–Crippen LogP) is 1.29. The second-order valence-electron chi connectivity index (χ2n) is 6.29. The molecule has 23 heavy (non-hydrogen) atoms. The van der Waals surface area contributed by atoms with Gasteiger partial charge in [0.1, 0.15) is 0 Å². The molecule has 0 spiro atoms. The topological polar surface area (TPSA) is 64.7 Å². The van der Waals surface area contributed by atoms with Crippen molar-refractivity contribution in [2.75, 3.05) is 50.0 Å². The molecule has 0 atom stereocenters. The first-order valence-corrected chi connectivity index (χ1v) is 8.29. The van der Waals surface area contributed by atoms with E-state index < -0.39 is 0 Å². The Bertz CT molecular complexity index is 596. The fraction of sp³-hybridized carbons (Fsp3) is 0.529. The van der Waals surface area contributed by atoms with Gasteiger partial charge in [0.25, 0.3) is 5.91 Å². The number of rotatable bonds is 5. The number of likely N-dealkylation sites (N-methyl/N-ethyl adjacent to an activating group) is 1. The Labute approximate surface area is 136 Å². The van der Waals surface area contributed by atoms with Gasteiger partial charge in [0.2, 0.25) is 5.91 Å². The summed E-state index contributed by atoms with van der Waals surface area (Å²) in [5, 5.41) is 5.78. The molecule has 6 heteroatoms. The zero-order valence-electron chi connectivity index (χ0n) is 13.6. The van der Waals surface area contributed by atoms with E-state index in [1.54, 1.807) is 6.07 Å². The highest BCUT2D eigenvalue weighted by atomic mass is 16.2. The molecular formula is C17H24N4O2. The average Bonchev–Trinajstić information content (AvgIpc) is 3.04. The zero-order chi connectivity index (χ0) is 16.2. The van der Waals surface area contributed by atoms with Crippen LogP contribution in [0.25, 0.3) is 0 Å². The number of hydrogen-bond donors (Lipinski definition) is 2. The predicted molar refractivity (Wildman–Crippen MR) is 91.0 cm³/mol. The number of benzene rings is 1. The Morgan fingerprint density at radius 3 is 2.87 bits per heavy atom. The number of nitrogens with zero attached hydrogens (tertiary/aromatic N) is 2. The van der Waals surface area contributed by atoms with Crippen LogP contribution in [0.3, 0.4) is 0 Å². The maximum absolute atomic E-state index is 12.2. The highest BCUT2D eigenvalue weighted by Crippen LogP contribution is 2.29. The van der Waals surface area contributed by atoms with Crippen LogP contribution in [0.15, 0.2) is 18.2 Å². The quantitative estimate of drug-likeness (QED) is 0.804. The monoisotopic (exact) mass is 316 g/mol. The molecule has 0 unspecified atom stereocenters. The molecule has 0 aromatic heterocycles. The largest absolute Gasteiger partial charge is 0.364 e. The number of fused-ring (bicyclic) bond motifs is 1. The molecule has 0 bridgehead atoms. The van der Waals surface area contributed by atoms with Gasteiger partial charge in [-0.3, -0.25) is 9.59 Å². The van der Waals surface area contributed by atoms with Crippen LogP contribution in [-0.4, -0.2) is 56.5 Å². The summed E-state index contributed by atoms with van der Waals surface area (Å²) in [5.74, 6) is -0.139. The van der Waals surface area contributed by atoms with Crippen LogP contribution in [0.1, 0.15) is 29.6 Å². The van der Waals surface area contributed by atoms with Crippen LogP contribution in [-0.2, 0) is 4.79 Å². The zero-order valence-corrected chi connectivity index (χ0v) is 13.6. The van der Waals surface area contributed by atoms with Crippen LogP contribution in [0.4, 0.5) is 11.4 Å². The average molecular weight is 316 g/mol. The van der Waals surface area contributed by atoms with Gasteiger partial charge >= 0.3 is 0 Å². The number of anilines is 2. The van der Waals surface area contributed by atoms with Crippen LogP contribution >= 0.6 is 0 Å². The van der Waals surface area contributed by atoms with Crippen molar-refractivity contribution in [2.24, 2.45) is 0 Å². The van der Waals surface area contributed by atoms with E-state index in [1.807, 2.05) is 24.1 Å². The molecule has 1 aromatic carbocycles. The van der Waals surface area contributed by atoms with E-state index >= 15 is 0 Å². The van der Waals surface area contributed by atoms with Gasteiger partial charge in [0.05, 0.1) is 17.9 Å². The molecule has 6 nitrogen and oxygen atoms in total. The van der Waals surface area contributed by atoms with Gasteiger partial charge < -0.3 is 20.4 Å². The molecule has 0 saturated carbocycles. The molecule has 0 radical (unpaired) electrons. The van der Waals surface area contributed by atoms with Gasteiger partial charge in [0.15, 0.2) is 0 Å². The fourth-order valence-corrected chi connectivity index (χ4v) is 3.21. The number of carbonyl (C=O) groups is 2. The summed E-state index contributed by atoms with van der Waals surface area (Å²) in [4.78, 5) is 28.2. The third-order valence-electron chi connectivity index (χ3n) is 4.46. The van der Waals surface area contributed by atoms with Gasteiger partial charge in [-0.15, -0.1) is 0 Å². The lowest BCUT2D eigenvalue weighted by Crippen LogP contribution is -2.35. The Kier molecular flexibility index (Phi) is 4.81. The van der Waals surface area contributed by atoms with Crippen molar-refractivity contribution in [3.63, 3.8) is 0 Å². The van der Waals surface area contributed by atoms with Crippen molar-refractivity contribution in [3.8, 4) is 0 Å². The molecule has 1 aromatic rings. The Morgan fingerprint density at radius 1 is 1.30 bits per heavy atom. The van der Waals surface area contributed by atoms with E-state index in [9.17, 15) is 9.59 Å². The molecule has 2 aliphatic heterocycles. The summed E-state index contributed by atoms with van der Waals surface area (Å²) in [6.45, 7) is 4.44. The fourth-order valence-electron chi connectivity index (χ4n) is 3.21. The first-order chi connectivity index (χ1) is 11.1. The Balaban J connectivity index is 1.53. The molecule has 2 aliphatic rings. The van der Waals surface area contributed by atoms with E-state index in [0.29, 0.717) is 24.3 Å². The SMILES string of the molecule is CN1CC(=O)Nc2cc(C(=O)NCCCN3CCCC3)ccc21. The lowest BCUT2D eigenvalue weighted by atomic mass is 10.1. The maximum Gasteiger partial charge on any atom is 0.251 e. The van der Waals surface area contributed by atoms with Gasteiger partial charge in [-0.1, -0.05) is 0 Å². The number of nitrogens with one attached hydrogen (secondary N) is 2. The molecule has 2 heterocycles. The highest BCUT2D eigenvalue weighted by Gasteiger charge is 2.20. The first kappa shape index (κ1) is 15.8. The number of hydrogen-bond acceptors (Lipinski definition) is 4. The van der Waals surface area contributed by atoms with Crippen LogP contribution < -0.4 is 15.5 Å². The van der Waals surface area contributed by atoms with Gasteiger partial charge in [0, 0.05) is 19.2 Å². The minimum Gasteiger partial charge on any atom is -0.364 e. The summed E-state index contributed by atoms with van der Waals surface area (Å²) in [5.41, 5.74) is 2.23. The van der Waals surface area contributed by atoms with Crippen LogP contribution in [0, 0.1) is 0 Å². The lowest BCUT2D eigenvalue weighted by molar-refractivity contribution is -0.115. The number of carbonyl (C=O) groups excluding carboxylic acids is 2. The van der Waals surface area contributed by atoms with E-state index in [2.05, 4.69) is 15.5 Å². The van der Waals surface area contributed by atoms with Crippen molar-refractivity contribution >= 4 is 23.2 Å². The van der Waals surface area contributed by atoms with Crippen molar-refractivity contribution in [2.45, 2.75) is 19.3 Å². The Hall–Kier alpha value is -2.08. The third kappa shape index (κ3) is 3.82. The van der Waals surface area contributed by atoms with Crippen molar-refractivity contribution in [3.05, 3.63) is 23.8 Å². The van der Waals surface area contributed by atoms with Crippen molar-refractivity contribution in [1.29, 1.82) is 0 Å². The standard InChI is InChI=1S/C17H24N4O2/c1-20-12-16(22)19-14-11-13(5-6-15(14)20)17(23)18-7-4-10-21-8-2-3-9-21/h5-6,11H,2-4,7-10,12H2,1H3,(H,18,23)(H,19,22). The van der Waals surface area contributed by atoms with Crippen molar-refractivity contribution < 1.29 is 9.59 Å². The minimum absolute atomic E-state index is 0.0526. The molecule has 124 valence electrons. The summed E-state index contributed by atoms with van der Waals surface area (Å²) in [6.07, 6.45) is 3.56. The molecular weight excluding hydrogens is 292 g/mol. The van der Waals surface area contributed by atoms with E-state index in [0.717, 1.165) is 18.7 Å². The molecule has 2 N–H and O–H groups in total. The van der Waals surface area contributed by atoms with E-state index in [1.165, 1.54) is 25.9 Å². The molecule has 1 fully saturated rings. The van der Waals surface area contributed by atoms with Gasteiger partial charge in [-0.25, -0.2) is 0 Å². The second-order valence-corrected chi connectivity index (χ2v) is 6.29. The van der Waals surface area contributed by atoms with Gasteiger partial charge in [-0.2, -0.15) is 0 Å². The molecule has 3 rings (SSSR count). The third-order valence-corrected chi connectivity index (χ3v) is 4.46. The minimum atomic E-state index is -0.0864. The van der Waals surface area contributed by atoms with E-state index in [-0.39, 0.29) is 11.8 Å². The van der Waals surface area contributed by atoms with Crippen LogP contribution in [0.2, 0.25) is 0 Å². The molecule has 0 aliphatic carbocycles. The second kappa shape index (κ2) is 7.00.